The Bertz CT molecular complexity index is 765. The number of benzene rings is 2. The highest BCUT2D eigenvalue weighted by molar-refractivity contribution is 6.26. The van der Waals surface area contributed by atoms with Crippen LogP contribution in [-0.2, 0) is 12.8 Å². The van der Waals surface area contributed by atoms with Crippen molar-refractivity contribution in [2.24, 2.45) is 0 Å². The van der Waals surface area contributed by atoms with Gasteiger partial charge in [-0.15, -0.1) is 0 Å². The van der Waals surface area contributed by atoms with E-state index >= 15 is 0 Å². The quantitative estimate of drug-likeness (QED) is 0.814. The van der Waals surface area contributed by atoms with Gasteiger partial charge in [0.15, 0.2) is 0 Å². The molecule has 0 saturated carbocycles. The Hall–Kier alpha value is -2.20. The Morgan fingerprint density at radius 1 is 0.909 bits per heavy atom. The van der Waals surface area contributed by atoms with Crippen LogP contribution in [0.2, 0.25) is 0 Å². The Balaban J connectivity index is 1.90. The monoisotopic (exact) mass is 294 g/mol. The lowest BCUT2D eigenvalue weighted by molar-refractivity contribution is 0.0601. The zero-order chi connectivity index (χ0) is 15.4. The van der Waals surface area contributed by atoms with Crippen molar-refractivity contribution in [1.29, 1.82) is 0 Å². The minimum Gasteiger partial charge on any atom is -0.308 e. The van der Waals surface area contributed by atoms with Crippen molar-refractivity contribution in [2.75, 3.05) is 27.2 Å². The average molecular weight is 294 g/mol. The van der Waals surface area contributed by atoms with Gasteiger partial charge in [0.25, 0.3) is 11.8 Å². The molecule has 4 nitrogen and oxygen atoms in total. The van der Waals surface area contributed by atoms with Crippen LogP contribution in [-0.4, -0.2) is 48.8 Å². The van der Waals surface area contributed by atoms with E-state index in [0.29, 0.717) is 24.2 Å². The molecule has 2 amide bonds. The average Bonchev–Trinajstić information content (AvgIpc) is 2.91. The summed E-state index contributed by atoms with van der Waals surface area (Å²) in [7, 11) is 3.88. The third-order valence-electron chi connectivity index (χ3n) is 4.72. The number of nitrogens with zero attached hydrogens (tertiary/aromatic N) is 2. The van der Waals surface area contributed by atoms with Crippen LogP contribution in [0.4, 0.5) is 0 Å². The first-order valence-electron chi connectivity index (χ1n) is 7.66. The summed E-state index contributed by atoms with van der Waals surface area (Å²) >= 11 is 0. The van der Waals surface area contributed by atoms with Crippen LogP contribution in [0, 0.1) is 0 Å². The summed E-state index contributed by atoms with van der Waals surface area (Å²) in [5.74, 6) is -0.315. The molecule has 0 radical (unpaired) electrons. The number of rotatable bonds is 3. The molecule has 0 aromatic heterocycles. The molecule has 22 heavy (non-hydrogen) atoms. The second-order valence-corrected chi connectivity index (χ2v) is 6.36. The minimum absolute atomic E-state index is 0.157. The van der Waals surface area contributed by atoms with E-state index in [4.69, 9.17) is 0 Å². The zero-order valence-electron chi connectivity index (χ0n) is 12.8. The Labute approximate surface area is 129 Å². The molecule has 0 saturated heterocycles. The van der Waals surface area contributed by atoms with Gasteiger partial charge >= 0.3 is 0 Å². The van der Waals surface area contributed by atoms with Crippen molar-refractivity contribution in [2.45, 2.75) is 12.8 Å². The molecule has 1 aliphatic heterocycles. The van der Waals surface area contributed by atoms with Crippen LogP contribution in [0.1, 0.15) is 31.8 Å². The van der Waals surface area contributed by atoms with E-state index in [1.165, 1.54) is 16.0 Å². The molecule has 1 heterocycles. The van der Waals surface area contributed by atoms with Gasteiger partial charge in [-0.2, -0.15) is 0 Å². The molecule has 4 heteroatoms. The van der Waals surface area contributed by atoms with Crippen LogP contribution < -0.4 is 0 Å². The first-order chi connectivity index (χ1) is 10.6. The van der Waals surface area contributed by atoms with Gasteiger partial charge < -0.3 is 4.90 Å². The first kappa shape index (κ1) is 13.5. The summed E-state index contributed by atoms with van der Waals surface area (Å²) < 4.78 is 0. The van der Waals surface area contributed by atoms with E-state index in [1.807, 2.05) is 31.1 Å². The molecule has 0 fully saturated rings. The van der Waals surface area contributed by atoms with E-state index < -0.39 is 0 Å². The predicted molar refractivity (Wildman–Crippen MR) is 85.3 cm³/mol. The fraction of sp³-hybridized carbons (Fsp3) is 0.333. The summed E-state index contributed by atoms with van der Waals surface area (Å²) in [4.78, 5) is 28.9. The molecule has 0 N–H and O–H groups in total. The molecular formula is C18H18N2O2. The molecule has 0 bridgehead atoms. The molecule has 0 spiro atoms. The highest BCUT2D eigenvalue weighted by atomic mass is 16.2. The Morgan fingerprint density at radius 3 is 1.95 bits per heavy atom. The van der Waals surface area contributed by atoms with Gasteiger partial charge in [-0.1, -0.05) is 12.1 Å². The van der Waals surface area contributed by atoms with Crippen molar-refractivity contribution >= 4 is 22.6 Å². The van der Waals surface area contributed by atoms with Gasteiger partial charge in [-0.05, 0) is 55.6 Å². The number of hydrogen-bond acceptors (Lipinski definition) is 3. The van der Waals surface area contributed by atoms with E-state index in [-0.39, 0.29) is 11.8 Å². The Morgan fingerprint density at radius 2 is 1.45 bits per heavy atom. The van der Waals surface area contributed by atoms with Crippen LogP contribution in [0.3, 0.4) is 0 Å². The maximum absolute atomic E-state index is 12.8. The van der Waals surface area contributed by atoms with E-state index in [2.05, 4.69) is 12.1 Å². The topological polar surface area (TPSA) is 40.6 Å². The first-order valence-corrected chi connectivity index (χ1v) is 7.66. The highest BCUT2D eigenvalue weighted by Gasteiger charge is 2.34. The molecule has 2 aromatic rings. The largest absolute Gasteiger partial charge is 0.308 e. The second kappa shape index (κ2) is 4.65. The van der Waals surface area contributed by atoms with E-state index in [9.17, 15) is 9.59 Å². The summed E-state index contributed by atoms with van der Waals surface area (Å²) in [6, 6.07) is 7.90. The second-order valence-electron chi connectivity index (χ2n) is 6.36. The van der Waals surface area contributed by atoms with Gasteiger partial charge in [0.1, 0.15) is 0 Å². The number of aryl methyl sites for hydroxylation is 2. The van der Waals surface area contributed by atoms with Crippen molar-refractivity contribution < 1.29 is 9.59 Å². The van der Waals surface area contributed by atoms with E-state index in [1.54, 1.807) is 0 Å². The lowest BCUT2D eigenvalue weighted by atomic mass is 9.91. The van der Waals surface area contributed by atoms with Gasteiger partial charge in [-0.3, -0.25) is 14.5 Å². The molecule has 1 aliphatic carbocycles. The number of amides is 2. The van der Waals surface area contributed by atoms with E-state index in [0.717, 1.165) is 23.6 Å². The fourth-order valence-corrected chi connectivity index (χ4v) is 3.57. The molecular weight excluding hydrogens is 276 g/mol. The van der Waals surface area contributed by atoms with Gasteiger partial charge in [-0.25, -0.2) is 0 Å². The van der Waals surface area contributed by atoms with Crippen LogP contribution in [0.15, 0.2) is 24.3 Å². The fourth-order valence-electron chi connectivity index (χ4n) is 3.57. The summed E-state index contributed by atoms with van der Waals surface area (Å²) in [5, 5.41) is 2.02. The third kappa shape index (κ3) is 1.74. The lowest BCUT2D eigenvalue weighted by Gasteiger charge is -2.28. The molecule has 0 atom stereocenters. The number of carbonyl (C=O) groups is 2. The van der Waals surface area contributed by atoms with Gasteiger partial charge in [0.05, 0.1) is 0 Å². The Kier molecular flexibility index (Phi) is 2.84. The van der Waals surface area contributed by atoms with Crippen molar-refractivity contribution in [3.05, 3.63) is 46.5 Å². The number of likely N-dealkylation sites (N-methyl/N-ethyl adjacent to an activating group) is 1. The number of imide groups is 1. The SMILES string of the molecule is CN(C)CCN1C(=O)c2ccc3c4c(ccc(c24)C1=O)CC3. The molecule has 2 aliphatic rings. The molecule has 4 rings (SSSR count). The number of hydrogen-bond donors (Lipinski definition) is 0. The third-order valence-corrected chi connectivity index (χ3v) is 4.72. The smallest absolute Gasteiger partial charge is 0.261 e. The predicted octanol–water partition coefficient (Wildman–Crippen LogP) is 2.10. The summed E-state index contributed by atoms with van der Waals surface area (Å²) in [6.07, 6.45) is 2.00. The lowest BCUT2D eigenvalue weighted by Crippen LogP contribution is -2.43. The maximum atomic E-state index is 12.8. The summed E-state index contributed by atoms with van der Waals surface area (Å²) in [6.45, 7) is 1.10. The van der Waals surface area contributed by atoms with Crippen LogP contribution in [0.25, 0.3) is 10.8 Å². The molecule has 2 aromatic carbocycles. The van der Waals surface area contributed by atoms with Crippen molar-refractivity contribution in [3.8, 4) is 0 Å². The highest BCUT2D eigenvalue weighted by Crippen LogP contribution is 2.38. The van der Waals surface area contributed by atoms with Crippen molar-refractivity contribution in [1.82, 2.24) is 9.80 Å². The maximum Gasteiger partial charge on any atom is 0.261 e. The zero-order valence-corrected chi connectivity index (χ0v) is 12.8. The van der Waals surface area contributed by atoms with Gasteiger partial charge in [0, 0.05) is 29.6 Å². The standard InChI is InChI=1S/C18H18N2O2/c1-19(2)9-10-20-17(21)13-7-5-11-3-4-12-6-8-14(18(20)22)16(13)15(11)12/h5-8H,3-4,9-10H2,1-2H3. The normalized spacial score (nSPS) is 16.2. The minimum atomic E-state index is -0.157. The summed E-state index contributed by atoms with van der Waals surface area (Å²) in [5.41, 5.74) is 3.88. The number of carbonyl (C=O) groups excluding carboxylic acids is 2. The molecule has 112 valence electrons. The van der Waals surface area contributed by atoms with Crippen LogP contribution >= 0.6 is 0 Å². The van der Waals surface area contributed by atoms with Crippen molar-refractivity contribution in [3.63, 3.8) is 0 Å². The van der Waals surface area contributed by atoms with Crippen LogP contribution in [0.5, 0.6) is 0 Å². The molecule has 0 unspecified atom stereocenters. The van der Waals surface area contributed by atoms with Gasteiger partial charge in [0.2, 0.25) is 0 Å².